The van der Waals surface area contributed by atoms with Gasteiger partial charge in [0.25, 0.3) is 0 Å². The molecule has 5 nitrogen and oxygen atoms in total. The molecule has 0 spiro atoms. The summed E-state index contributed by atoms with van der Waals surface area (Å²) in [6.07, 6.45) is 8.17. The Morgan fingerprint density at radius 1 is 1.35 bits per heavy atom. The second-order valence-corrected chi connectivity index (χ2v) is 5.46. The number of hydrogen-bond donors (Lipinski definition) is 0. The van der Waals surface area contributed by atoms with Crippen molar-refractivity contribution in [2.45, 2.75) is 25.3 Å². The Kier molecular flexibility index (Phi) is 3.44. The maximum atomic E-state index is 6.25. The Bertz CT molecular complexity index is 728. The first kappa shape index (κ1) is 13.1. The molecule has 0 aliphatic rings. The van der Waals surface area contributed by atoms with Crippen LogP contribution in [0.5, 0.6) is 0 Å². The Hall–Kier alpha value is -1.88. The van der Waals surface area contributed by atoms with Gasteiger partial charge in [-0.1, -0.05) is 0 Å². The summed E-state index contributed by atoms with van der Waals surface area (Å²) in [4.78, 5) is 13.0. The molecule has 1 unspecified atom stereocenters. The lowest BCUT2D eigenvalue weighted by Gasteiger charge is -2.10. The van der Waals surface area contributed by atoms with Gasteiger partial charge >= 0.3 is 0 Å². The van der Waals surface area contributed by atoms with E-state index in [9.17, 15) is 0 Å². The molecule has 1 atom stereocenters. The number of nitrogens with zero attached hydrogens (tertiary/aromatic N) is 5. The second kappa shape index (κ2) is 5.25. The number of alkyl halides is 1. The molecule has 3 aromatic rings. The van der Waals surface area contributed by atoms with Crippen LogP contribution in [0.25, 0.3) is 11.0 Å². The Morgan fingerprint density at radius 2 is 2.20 bits per heavy atom. The van der Waals surface area contributed by atoms with Crippen LogP contribution in [0.4, 0.5) is 0 Å². The highest BCUT2D eigenvalue weighted by Crippen LogP contribution is 2.24. The third-order valence-corrected chi connectivity index (χ3v) is 3.61. The van der Waals surface area contributed by atoms with Crippen LogP contribution < -0.4 is 0 Å². The molecule has 3 heterocycles. The SMILES string of the molecule is CC(Cl)c1nc2cnccc2n1CCc1nccn1C. The van der Waals surface area contributed by atoms with E-state index in [1.807, 2.05) is 37.0 Å². The van der Waals surface area contributed by atoms with E-state index >= 15 is 0 Å². The molecule has 3 aromatic heterocycles. The van der Waals surface area contributed by atoms with Crippen molar-refractivity contribution >= 4 is 22.6 Å². The van der Waals surface area contributed by atoms with Crippen LogP contribution in [0.15, 0.2) is 30.9 Å². The van der Waals surface area contributed by atoms with Crippen molar-refractivity contribution in [3.8, 4) is 0 Å². The molecular formula is C14H16ClN5. The highest BCUT2D eigenvalue weighted by molar-refractivity contribution is 6.20. The number of hydrogen-bond acceptors (Lipinski definition) is 3. The first-order valence-electron chi connectivity index (χ1n) is 6.57. The Morgan fingerprint density at radius 3 is 2.90 bits per heavy atom. The average molecular weight is 290 g/mol. The van der Waals surface area contributed by atoms with Gasteiger partial charge in [0.2, 0.25) is 0 Å². The maximum absolute atomic E-state index is 6.25. The van der Waals surface area contributed by atoms with Crippen LogP contribution in [0.2, 0.25) is 0 Å². The van der Waals surface area contributed by atoms with Crippen LogP contribution in [0.3, 0.4) is 0 Å². The zero-order chi connectivity index (χ0) is 14.1. The minimum Gasteiger partial charge on any atom is -0.338 e. The molecule has 0 aliphatic carbocycles. The third-order valence-electron chi connectivity index (χ3n) is 3.42. The maximum Gasteiger partial charge on any atom is 0.127 e. The van der Waals surface area contributed by atoms with Gasteiger partial charge in [-0.3, -0.25) is 4.98 Å². The van der Waals surface area contributed by atoms with E-state index in [-0.39, 0.29) is 5.38 Å². The van der Waals surface area contributed by atoms with Crippen LogP contribution in [0.1, 0.15) is 23.9 Å². The van der Waals surface area contributed by atoms with Crippen LogP contribution in [0, 0.1) is 0 Å². The fourth-order valence-corrected chi connectivity index (χ4v) is 2.55. The molecule has 0 N–H and O–H groups in total. The summed E-state index contributed by atoms with van der Waals surface area (Å²) >= 11 is 6.25. The Labute approximate surface area is 122 Å². The normalized spacial score (nSPS) is 12.9. The quantitative estimate of drug-likeness (QED) is 0.694. The van der Waals surface area contributed by atoms with Gasteiger partial charge in [0.05, 0.1) is 17.1 Å². The van der Waals surface area contributed by atoms with E-state index in [1.54, 1.807) is 12.4 Å². The van der Waals surface area contributed by atoms with Gasteiger partial charge < -0.3 is 9.13 Å². The molecule has 0 saturated carbocycles. The predicted molar refractivity (Wildman–Crippen MR) is 78.7 cm³/mol. The summed E-state index contributed by atoms with van der Waals surface area (Å²) in [5.74, 6) is 1.93. The van der Waals surface area contributed by atoms with E-state index in [1.165, 1.54) is 0 Å². The van der Waals surface area contributed by atoms with E-state index in [0.29, 0.717) is 0 Å². The lowest BCUT2D eigenvalue weighted by molar-refractivity contribution is 0.633. The van der Waals surface area contributed by atoms with Gasteiger partial charge in [-0.05, 0) is 13.0 Å². The van der Waals surface area contributed by atoms with E-state index < -0.39 is 0 Å². The molecule has 0 fully saturated rings. The summed E-state index contributed by atoms with van der Waals surface area (Å²) < 4.78 is 4.19. The van der Waals surface area contributed by atoms with Crippen LogP contribution in [-0.2, 0) is 20.0 Å². The summed E-state index contributed by atoms with van der Waals surface area (Å²) in [6.45, 7) is 2.74. The number of rotatable bonds is 4. The van der Waals surface area contributed by atoms with Gasteiger partial charge in [-0.25, -0.2) is 9.97 Å². The fourth-order valence-electron chi connectivity index (χ4n) is 2.39. The standard InChI is InChI=1S/C14H16ClN5/c1-10(15)14-18-11-9-16-5-3-12(11)20(14)7-4-13-17-6-8-19(13)2/h3,5-6,8-10H,4,7H2,1-2H3. The molecule has 0 aromatic carbocycles. The highest BCUT2D eigenvalue weighted by atomic mass is 35.5. The number of halogens is 1. The van der Waals surface area contributed by atoms with Crippen molar-refractivity contribution < 1.29 is 0 Å². The molecular weight excluding hydrogens is 274 g/mol. The molecule has 0 aliphatic heterocycles. The van der Waals surface area contributed by atoms with Crippen molar-refractivity contribution in [2.75, 3.05) is 0 Å². The van der Waals surface area contributed by atoms with Crippen molar-refractivity contribution in [1.29, 1.82) is 0 Å². The molecule has 104 valence electrons. The van der Waals surface area contributed by atoms with E-state index in [4.69, 9.17) is 11.6 Å². The molecule has 0 bridgehead atoms. The second-order valence-electron chi connectivity index (χ2n) is 4.81. The van der Waals surface area contributed by atoms with Crippen molar-refractivity contribution in [3.05, 3.63) is 42.5 Å². The summed E-state index contributed by atoms with van der Waals surface area (Å²) in [5, 5.41) is -0.135. The number of imidazole rings is 2. The monoisotopic (exact) mass is 289 g/mol. The summed E-state index contributed by atoms with van der Waals surface area (Å²) in [7, 11) is 2.00. The van der Waals surface area contributed by atoms with Gasteiger partial charge in [-0.2, -0.15) is 0 Å². The lowest BCUT2D eigenvalue weighted by atomic mass is 10.3. The first-order chi connectivity index (χ1) is 9.66. The largest absolute Gasteiger partial charge is 0.338 e. The summed E-state index contributed by atoms with van der Waals surface area (Å²) in [6, 6.07) is 1.98. The molecule has 20 heavy (non-hydrogen) atoms. The van der Waals surface area contributed by atoms with E-state index in [2.05, 4.69) is 19.5 Å². The molecule has 3 rings (SSSR count). The number of aryl methyl sites for hydroxylation is 3. The van der Waals surface area contributed by atoms with Gasteiger partial charge in [-0.15, -0.1) is 11.6 Å². The third kappa shape index (κ3) is 2.29. The number of pyridine rings is 1. The van der Waals surface area contributed by atoms with Crippen molar-refractivity contribution in [1.82, 2.24) is 24.1 Å². The lowest BCUT2D eigenvalue weighted by Crippen LogP contribution is -2.09. The van der Waals surface area contributed by atoms with E-state index in [0.717, 1.165) is 35.6 Å². The zero-order valence-electron chi connectivity index (χ0n) is 11.5. The molecule has 6 heteroatoms. The van der Waals surface area contributed by atoms with Gasteiger partial charge in [0.1, 0.15) is 17.2 Å². The Balaban J connectivity index is 1.97. The predicted octanol–water partition coefficient (Wildman–Crippen LogP) is 2.71. The summed E-state index contributed by atoms with van der Waals surface area (Å²) in [5.41, 5.74) is 1.95. The van der Waals surface area contributed by atoms with Crippen LogP contribution >= 0.6 is 11.6 Å². The van der Waals surface area contributed by atoms with Gasteiger partial charge in [0.15, 0.2) is 0 Å². The number of aromatic nitrogens is 5. The van der Waals surface area contributed by atoms with Gasteiger partial charge in [0, 0.05) is 38.6 Å². The molecule has 0 radical (unpaired) electrons. The fraction of sp³-hybridized carbons (Fsp3) is 0.357. The van der Waals surface area contributed by atoms with Crippen molar-refractivity contribution in [3.63, 3.8) is 0 Å². The smallest absolute Gasteiger partial charge is 0.127 e. The van der Waals surface area contributed by atoms with Crippen molar-refractivity contribution in [2.24, 2.45) is 7.05 Å². The minimum absolute atomic E-state index is 0.135. The topological polar surface area (TPSA) is 48.5 Å². The molecule has 0 saturated heterocycles. The first-order valence-corrected chi connectivity index (χ1v) is 7.01. The highest BCUT2D eigenvalue weighted by Gasteiger charge is 2.15. The average Bonchev–Trinajstić information content (AvgIpc) is 3.00. The molecule has 0 amide bonds. The number of fused-ring (bicyclic) bond motifs is 1. The minimum atomic E-state index is -0.135. The zero-order valence-corrected chi connectivity index (χ0v) is 12.2. The van der Waals surface area contributed by atoms with Crippen LogP contribution in [-0.4, -0.2) is 24.1 Å².